The zero-order chi connectivity index (χ0) is 14.5. The Morgan fingerprint density at radius 2 is 1.76 bits per heavy atom. The van der Waals surface area contributed by atoms with Gasteiger partial charge < -0.3 is 15.1 Å². The van der Waals surface area contributed by atoms with Crippen LogP contribution in [0.25, 0.3) is 0 Å². The van der Waals surface area contributed by atoms with Gasteiger partial charge in [-0.1, -0.05) is 0 Å². The van der Waals surface area contributed by atoms with Crippen molar-refractivity contribution in [3.05, 3.63) is 30.9 Å². The van der Waals surface area contributed by atoms with Crippen LogP contribution in [0.3, 0.4) is 0 Å². The van der Waals surface area contributed by atoms with E-state index in [1.165, 1.54) is 0 Å². The van der Waals surface area contributed by atoms with Gasteiger partial charge in [0.15, 0.2) is 0 Å². The summed E-state index contributed by atoms with van der Waals surface area (Å²) in [5, 5.41) is 3.14. The van der Waals surface area contributed by atoms with Crippen molar-refractivity contribution < 1.29 is 0 Å². The average Bonchev–Trinajstić information content (AvgIpc) is 2.56. The van der Waals surface area contributed by atoms with Crippen LogP contribution in [0.4, 0.5) is 17.6 Å². The number of hydrogen-bond donors (Lipinski definition) is 1. The van der Waals surface area contributed by atoms with Gasteiger partial charge in [0.1, 0.15) is 11.6 Å². The number of piperazine rings is 1. The highest BCUT2D eigenvalue weighted by Gasteiger charge is 2.19. The molecule has 1 saturated heterocycles. The Balaban J connectivity index is 1.64. The molecule has 0 amide bonds. The molecule has 3 rings (SSSR count). The van der Waals surface area contributed by atoms with E-state index >= 15 is 0 Å². The van der Waals surface area contributed by atoms with Crippen molar-refractivity contribution in [2.45, 2.75) is 6.92 Å². The Kier molecular flexibility index (Phi) is 4.09. The molecule has 0 unspecified atom stereocenters. The van der Waals surface area contributed by atoms with Crippen molar-refractivity contribution in [2.75, 3.05) is 47.8 Å². The molecule has 7 nitrogen and oxygen atoms in total. The van der Waals surface area contributed by atoms with E-state index in [0.29, 0.717) is 5.95 Å². The first-order valence-electron chi connectivity index (χ1n) is 7.19. The summed E-state index contributed by atoms with van der Waals surface area (Å²) in [6.45, 7) is 6.52. The number of hydrogen-bond acceptors (Lipinski definition) is 7. The third-order valence-corrected chi connectivity index (χ3v) is 3.45. The fraction of sp³-hybridized carbons (Fsp3) is 0.429. The highest BCUT2D eigenvalue weighted by atomic mass is 15.3. The van der Waals surface area contributed by atoms with E-state index in [-0.39, 0.29) is 0 Å². The third kappa shape index (κ3) is 3.18. The van der Waals surface area contributed by atoms with Gasteiger partial charge in [0.25, 0.3) is 0 Å². The SMILES string of the molecule is CCNc1nccc(N2CCN(c3cnccn3)CC2)n1. The molecule has 0 atom stereocenters. The summed E-state index contributed by atoms with van der Waals surface area (Å²) in [5.41, 5.74) is 0. The van der Waals surface area contributed by atoms with Crippen LogP contribution < -0.4 is 15.1 Å². The highest BCUT2D eigenvalue weighted by molar-refractivity contribution is 5.45. The summed E-state index contributed by atoms with van der Waals surface area (Å²) in [6.07, 6.45) is 7.04. The first kappa shape index (κ1) is 13.5. The van der Waals surface area contributed by atoms with E-state index in [2.05, 4.69) is 35.1 Å². The largest absolute Gasteiger partial charge is 0.354 e. The van der Waals surface area contributed by atoms with Crippen LogP contribution >= 0.6 is 0 Å². The number of nitrogens with zero attached hydrogens (tertiary/aromatic N) is 6. The van der Waals surface area contributed by atoms with E-state index in [1.54, 1.807) is 18.6 Å². The lowest BCUT2D eigenvalue weighted by molar-refractivity contribution is 0.640. The molecular weight excluding hydrogens is 266 g/mol. The van der Waals surface area contributed by atoms with Gasteiger partial charge in [-0.2, -0.15) is 4.98 Å². The van der Waals surface area contributed by atoms with Gasteiger partial charge in [0.2, 0.25) is 5.95 Å². The Morgan fingerprint density at radius 1 is 1.00 bits per heavy atom. The van der Waals surface area contributed by atoms with E-state index in [1.807, 2.05) is 19.2 Å². The molecular formula is C14H19N7. The number of rotatable bonds is 4. The first-order chi connectivity index (χ1) is 10.4. The van der Waals surface area contributed by atoms with Crippen LogP contribution in [0.2, 0.25) is 0 Å². The van der Waals surface area contributed by atoms with Crippen molar-refractivity contribution >= 4 is 17.6 Å². The number of nitrogens with one attached hydrogen (secondary N) is 1. The minimum atomic E-state index is 0.686. The lowest BCUT2D eigenvalue weighted by Gasteiger charge is -2.35. The molecule has 7 heteroatoms. The minimum absolute atomic E-state index is 0.686. The molecule has 1 aliphatic heterocycles. The lowest BCUT2D eigenvalue weighted by Crippen LogP contribution is -2.47. The smallest absolute Gasteiger partial charge is 0.224 e. The van der Waals surface area contributed by atoms with Crippen LogP contribution in [0.5, 0.6) is 0 Å². The summed E-state index contributed by atoms with van der Waals surface area (Å²) in [4.78, 5) is 21.7. The molecule has 0 bridgehead atoms. The lowest BCUT2D eigenvalue weighted by atomic mass is 10.3. The molecule has 1 N–H and O–H groups in total. The van der Waals surface area contributed by atoms with Crippen molar-refractivity contribution in [2.24, 2.45) is 0 Å². The second-order valence-electron chi connectivity index (χ2n) is 4.81. The standard InChI is InChI=1S/C14H19N7/c1-2-16-14-18-4-3-12(19-14)20-7-9-21(10-8-20)13-11-15-5-6-17-13/h3-6,11H,2,7-10H2,1H3,(H,16,18,19). The Labute approximate surface area is 124 Å². The molecule has 1 aliphatic rings. The van der Waals surface area contributed by atoms with Gasteiger partial charge in [-0.3, -0.25) is 4.98 Å². The molecule has 3 heterocycles. The fourth-order valence-electron chi connectivity index (χ4n) is 2.39. The predicted octanol–water partition coefficient (Wildman–Crippen LogP) is 1.02. The molecule has 2 aromatic rings. The minimum Gasteiger partial charge on any atom is -0.354 e. The molecule has 21 heavy (non-hydrogen) atoms. The molecule has 0 aliphatic carbocycles. The normalized spacial score (nSPS) is 15.1. The van der Waals surface area contributed by atoms with Crippen LogP contribution in [0, 0.1) is 0 Å². The van der Waals surface area contributed by atoms with E-state index < -0.39 is 0 Å². The second kappa shape index (κ2) is 6.34. The van der Waals surface area contributed by atoms with Crippen molar-refractivity contribution in [3.8, 4) is 0 Å². The zero-order valence-electron chi connectivity index (χ0n) is 12.1. The highest BCUT2D eigenvalue weighted by Crippen LogP contribution is 2.17. The zero-order valence-corrected chi connectivity index (χ0v) is 12.1. The van der Waals surface area contributed by atoms with Crippen LogP contribution in [0.1, 0.15) is 6.92 Å². The number of anilines is 3. The monoisotopic (exact) mass is 285 g/mol. The molecule has 110 valence electrons. The maximum atomic E-state index is 4.54. The van der Waals surface area contributed by atoms with E-state index in [9.17, 15) is 0 Å². The first-order valence-corrected chi connectivity index (χ1v) is 7.19. The fourth-order valence-corrected chi connectivity index (χ4v) is 2.39. The van der Waals surface area contributed by atoms with E-state index in [4.69, 9.17) is 0 Å². The quantitative estimate of drug-likeness (QED) is 0.899. The maximum absolute atomic E-state index is 4.54. The molecule has 2 aromatic heterocycles. The predicted molar refractivity (Wildman–Crippen MR) is 82.7 cm³/mol. The Hall–Kier alpha value is -2.44. The summed E-state index contributed by atoms with van der Waals surface area (Å²) in [5.74, 6) is 2.60. The summed E-state index contributed by atoms with van der Waals surface area (Å²) < 4.78 is 0. The van der Waals surface area contributed by atoms with Gasteiger partial charge in [-0.25, -0.2) is 9.97 Å². The van der Waals surface area contributed by atoms with Gasteiger partial charge in [-0.05, 0) is 13.0 Å². The number of aromatic nitrogens is 4. The van der Waals surface area contributed by atoms with E-state index in [0.717, 1.165) is 44.4 Å². The summed E-state index contributed by atoms with van der Waals surface area (Å²) in [7, 11) is 0. The molecule has 0 spiro atoms. The van der Waals surface area contributed by atoms with Gasteiger partial charge >= 0.3 is 0 Å². The topological polar surface area (TPSA) is 70.1 Å². The molecule has 0 aromatic carbocycles. The molecule has 0 saturated carbocycles. The van der Waals surface area contributed by atoms with Crippen LogP contribution in [-0.2, 0) is 0 Å². The maximum Gasteiger partial charge on any atom is 0.224 e. The molecule has 1 fully saturated rings. The second-order valence-corrected chi connectivity index (χ2v) is 4.81. The van der Waals surface area contributed by atoms with Crippen molar-refractivity contribution in [3.63, 3.8) is 0 Å². The van der Waals surface area contributed by atoms with Crippen molar-refractivity contribution in [1.82, 2.24) is 19.9 Å². The van der Waals surface area contributed by atoms with Gasteiger partial charge in [-0.15, -0.1) is 0 Å². The Morgan fingerprint density at radius 3 is 2.43 bits per heavy atom. The summed E-state index contributed by atoms with van der Waals surface area (Å²) in [6, 6.07) is 1.96. The average molecular weight is 285 g/mol. The summed E-state index contributed by atoms with van der Waals surface area (Å²) >= 11 is 0. The van der Waals surface area contributed by atoms with Crippen LogP contribution in [0.15, 0.2) is 30.9 Å². The van der Waals surface area contributed by atoms with Gasteiger partial charge in [0.05, 0.1) is 6.20 Å². The van der Waals surface area contributed by atoms with Crippen LogP contribution in [-0.4, -0.2) is 52.7 Å². The van der Waals surface area contributed by atoms with Crippen molar-refractivity contribution in [1.29, 1.82) is 0 Å². The Bertz CT molecular complexity index is 567. The third-order valence-electron chi connectivity index (χ3n) is 3.45. The van der Waals surface area contributed by atoms with Gasteiger partial charge in [0, 0.05) is 51.3 Å². The molecule has 0 radical (unpaired) electrons.